The molecule has 0 radical (unpaired) electrons. The Bertz CT molecular complexity index is 727. The Morgan fingerprint density at radius 3 is 2.68 bits per heavy atom. The summed E-state index contributed by atoms with van der Waals surface area (Å²) in [6, 6.07) is 10.4. The molecule has 3 N–H and O–H groups in total. The molecule has 1 aliphatic heterocycles. The van der Waals surface area contributed by atoms with Crippen molar-refractivity contribution in [3.8, 4) is 17.2 Å². The number of amides is 1. The van der Waals surface area contributed by atoms with E-state index in [1.165, 1.54) is 12.1 Å². The number of aromatic hydroxyl groups is 2. The number of ether oxygens (including phenoxy) is 1. The van der Waals surface area contributed by atoms with Crippen LogP contribution in [0, 0.1) is 0 Å². The van der Waals surface area contributed by atoms with Crippen LogP contribution in [-0.4, -0.2) is 22.7 Å². The highest BCUT2D eigenvalue weighted by molar-refractivity contribution is 5.96. The van der Waals surface area contributed by atoms with Crippen LogP contribution in [0.1, 0.15) is 30.4 Å². The molecule has 114 valence electrons. The Hall–Kier alpha value is -2.69. The topological polar surface area (TPSA) is 78.8 Å². The third kappa shape index (κ3) is 2.45. The van der Waals surface area contributed by atoms with Gasteiger partial charge in [0.2, 0.25) is 5.91 Å². The summed E-state index contributed by atoms with van der Waals surface area (Å²) in [5.41, 5.74) is 2.18. The van der Waals surface area contributed by atoms with Crippen LogP contribution in [0.3, 0.4) is 0 Å². The minimum atomic E-state index is -0.252. The zero-order valence-corrected chi connectivity index (χ0v) is 12.2. The minimum Gasteiger partial charge on any atom is -0.504 e. The van der Waals surface area contributed by atoms with Gasteiger partial charge in [-0.15, -0.1) is 0 Å². The van der Waals surface area contributed by atoms with Crippen LogP contribution in [0.2, 0.25) is 0 Å². The largest absolute Gasteiger partial charge is 0.504 e. The summed E-state index contributed by atoms with van der Waals surface area (Å²) in [7, 11) is 0. The molecule has 22 heavy (non-hydrogen) atoms. The number of rotatable bonds is 3. The van der Waals surface area contributed by atoms with Crippen molar-refractivity contribution >= 4 is 11.6 Å². The van der Waals surface area contributed by atoms with E-state index in [4.69, 9.17) is 4.74 Å². The normalized spacial score (nSPS) is 16.8. The summed E-state index contributed by atoms with van der Waals surface area (Å²) < 4.78 is 5.65. The van der Waals surface area contributed by atoms with Gasteiger partial charge >= 0.3 is 0 Å². The Balaban J connectivity index is 2.13. The first-order valence-corrected chi connectivity index (χ1v) is 7.17. The number of carbonyl (C=O) groups excluding carboxylic acids is 1. The van der Waals surface area contributed by atoms with Crippen molar-refractivity contribution < 1.29 is 19.7 Å². The number of anilines is 1. The number of phenolic OH excluding ortho intramolecular Hbond substituents is 2. The highest BCUT2D eigenvalue weighted by Gasteiger charge is 2.29. The van der Waals surface area contributed by atoms with Crippen molar-refractivity contribution in [2.45, 2.75) is 19.3 Å². The van der Waals surface area contributed by atoms with Crippen molar-refractivity contribution in [3.63, 3.8) is 0 Å². The first-order valence-electron chi connectivity index (χ1n) is 7.17. The highest BCUT2D eigenvalue weighted by Crippen LogP contribution is 2.44. The average molecular weight is 299 g/mol. The maximum absolute atomic E-state index is 12.0. The maximum Gasteiger partial charge on any atom is 0.225 e. The van der Waals surface area contributed by atoms with Gasteiger partial charge in [-0.25, -0.2) is 0 Å². The van der Waals surface area contributed by atoms with Gasteiger partial charge in [0.25, 0.3) is 0 Å². The highest BCUT2D eigenvalue weighted by atomic mass is 16.5. The molecule has 1 amide bonds. The molecule has 0 saturated carbocycles. The van der Waals surface area contributed by atoms with Crippen LogP contribution in [-0.2, 0) is 4.79 Å². The number of benzene rings is 2. The van der Waals surface area contributed by atoms with Crippen LogP contribution in [0.15, 0.2) is 36.4 Å². The van der Waals surface area contributed by atoms with E-state index in [2.05, 4.69) is 5.32 Å². The van der Waals surface area contributed by atoms with Crippen molar-refractivity contribution in [2.75, 3.05) is 11.9 Å². The Morgan fingerprint density at radius 1 is 1.18 bits per heavy atom. The number of hydrogen-bond donors (Lipinski definition) is 3. The molecule has 0 spiro atoms. The van der Waals surface area contributed by atoms with Crippen LogP contribution in [0.25, 0.3) is 0 Å². The molecule has 5 heteroatoms. The van der Waals surface area contributed by atoms with Crippen molar-refractivity contribution in [1.29, 1.82) is 0 Å². The van der Waals surface area contributed by atoms with Gasteiger partial charge in [-0.3, -0.25) is 4.79 Å². The lowest BCUT2D eigenvalue weighted by atomic mass is 9.84. The second-order valence-corrected chi connectivity index (χ2v) is 5.20. The molecule has 2 aromatic rings. The van der Waals surface area contributed by atoms with E-state index >= 15 is 0 Å². The molecule has 3 rings (SSSR count). The van der Waals surface area contributed by atoms with Gasteiger partial charge in [0.1, 0.15) is 5.75 Å². The number of fused-ring (bicyclic) bond motifs is 1. The Morgan fingerprint density at radius 2 is 1.91 bits per heavy atom. The molecule has 1 aliphatic rings. The van der Waals surface area contributed by atoms with Crippen LogP contribution < -0.4 is 10.1 Å². The summed E-state index contributed by atoms with van der Waals surface area (Å²) in [4.78, 5) is 12.0. The number of carbonyl (C=O) groups is 1. The molecular weight excluding hydrogens is 282 g/mol. The van der Waals surface area contributed by atoms with Gasteiger partial charge in [-0.1, -0.05) is 18.2 Å². The summed E-state index contributed by atoms with van der Waals surface area (Å²) in [6.45, 7) is 2.44. The zero-order chi connectivity index (χ0) is 15.7. The van der Waals surface area contributed by atoms with E-state index in [9.17, 15) is 15.0 Å². The van der Waals surface area contributed by atoms with Crippen LogP contribution >= 0.6 is 0 Å². The van der Waals surface area contributed by atoms with Gasteiger partial charge in [0.05, 0.1) is 6.61 Å². The fraction of sp³-hybridized carbons (Fsp3) is 0.235. The summed E-state index contributed by atoms with van der Waals surface area (Å²) in [6.07, 6.45) is 0.265. The molecule has 0 saturated heterocycles. The predicted octanol–water partition coefficient (Wildman–Crippen LogP) is 2.97. The number of nitrogens with one attached hydrogen (secondary N) is 1. The molecule has 0 aliphatic carbocycles. The Labute approximate surface area is 128 Å². The van der Waals surface area contributed by atoms with Gasteiger partial charge in [0.15, 0.2) is 11.5 Å². The fourth-order valence-corrected chi connectivity index (χ4v) is 2.82. The third-order valence-electron chi connectivity index (χ3n) is 3.78. The number of phenols is 2. The molecular formula is C17H17NO4. The fourth-order valence-electron chi connectivity index (χ4n) is 2.82. The number of para-hydroxylation sites is 1. The SMILES string of the molecule is CCOc1ccccc1C1CC(=O)Nc2cc(O)c(O)cc21. The third-order valence-corrected chi connectivity index (χ3v) is 3.78. The van der Waals surface area contributed by atoms with Crippen molar-refractivity contribution in [3.05, 3.63) is 47.5 Å². The smallest absolute Gasteiger partial charge is 0.225 e. The number of hydrogen-bond acceptors (Lipinski definition) is 4. The summed E-state index contributed by atoms with van der Waals surface area (Å²) >= 11 is 0. The molecule has 0 aromatic heterocycles. The lowest BCUT2D eigenvalue weighted by molar-refractivity contribution is -0.116. The lowest BCUT2D eigenvalue weighted by Crippen LogP contribution is -2.23. The van der Waals surface area contributed by atoms with E-state index in [1.54, 1.807) is 0 Å². The minimum absolute atomic E-state index is 0.131. The van der Waals surface area contributed by atoms with Crippen molar-refractivity contribution in [2.24, 2.45) is 0 Å². The van der Waals surface area contributed by atoms with Gasteiger partial charge in [0, 0.05) is 29.7 Å². The second kappa shape index (κ2) is 5.60. The predicted molar refractivity (Wildman–Crippen MR) is 82.5 cm³/mol. The van der Waals surface area contributed by atoms with E-state index in [0.717, 1.165) is 16.9 Å². The van der Waals surface area contributed by atoms with E-state index in [0.29, 0.717) is 12.3 Å². The van der Waals surface area contributed by atoms with E-state index < -0.39 is 0 Å². The molecule has 1 unspecified atom stereocenters. The molecule has 0 bridgehead atoms. The quantitative estimate of drug-likeness (QED) is 0.601. The molecule has 2 aromatic carbocycles. The van der Waals surface area contributed by atoms with Gasteiger partial charge < -0.3 is 20.3 Å². The standard InChI is InChI=1S/C17H17NO4/c1-2-22-16-6-4-3-5-10(16)11-8-17(21)18-13-9-15(20)14(19)7-12(11)13/h3-7,9,11,19-20H,2,8H2,1H3,(H,18,21). The van der Waals surface area contributed by atoms with E-state index in [-0.39, 0.29) is 29.7 Å². The second-order valence-electron chi connectivity index (χ2n) is 5.20. The molecule has 0 fully saturated rings. The summed E-state index contributed by atoms with van der Waals surface area (Å²) in [5.74, 6) is -0.0818. The molecule has 1 atom stereocenters. The lowest BCUT2D eigenvalue weighted by Gasteiger charge is -2.27. The first-order chi connectivity index (χ1) is 10.6. The van der Waals surface area contributed by atoms with Crippen molar-refractivity contribution in [1.82, 2.24) is 0 Å². The molecule has 1 heterocycles. The summed E-state index contributed by atoms with van der Waals surface area (Å²) in [5, 5.41) is 22.1. The zero-order valence-electron chi connectivity index (χ0n) is 12.2. The first kappa shape index (κ1) is 14.3. The maximum atomic E-state index is 12.0. The Kier molecular flexibility index (Phi) is 3.63. The van der Waals surface area contributed by atoms with Gasteiger partial charge in [-0.2, -0.15) is 0 Å². The van der Waals surface area contributed by atoms with Gasteiger partial charge in [-0.05, 0) is 24.6 Å². The average Bonchev–Trinajstić information content (AvgIpc) is 2.49. The molecule has 5 nitrogen and oxygen atoms in total. The van der Waals surface area contributed by atoms with Crippen LogP contribution in [0.5, 0.6) is 17.2 Å². The monoisotopic (exact) mass is 299 g/mol. The van der Waals surface area contributed by atoms with Crippen LogP contribution in [0.4, 0.5) is 5.69 Å². The van der Waals surface area contributed by atoms with E-state index in [1.807, 2.05) is 31.2 Å².